The molecule has 0 radical (unpaired) electrons. The van der Waals surface area contributed by atoms with Crippen LogP contribution in [-0.2, 0) is 0 Å². The number of hydrogen-bond acceptors (Lipinski definition) is 2. The normalized spacial score (nSPS) is 12.3. The van der Waals surface area contributed by atoms with Gasteiger partial charge in [-0.1, -0.05) is 44.9 Å². The number of para-hydroxylation sites is 1. The molecule has 0 bridgehead atoms. The summed E-state index contributed by atoms with van der Waals surface area (Å²) in [4.78, 5) is 4.49. The largest absolute Gasteiger partial charge is 0.237 e. The van der Waals surface area contributed by atoms with E-state index in [9.17, 15) is 5.26 Å². The number of aryl methyl sites for hydroxylation is 1. The van der Waals surface area contributed by atoms with Crippen molar-refractivity contribution in [3.05, 3.63) is 41.1 Å². The zero-order chi connectivity index (χ0) is 14.5. The van der Waals surface area contributed by atoms with Crippen molar-refractivity contribution in [2.45, 2.75) is 52.4 Å². The lowest BCUT2D eigenvalue weighted by Crippen LogP contribution is -2.02. The number of nitrogens with zero attached hydrogens (tertiary/aromatic N) is 2. The average Bonchev–Trinajstić information content (AvgIpc) is 2.48. The molecule has 0 spiro atoms. The van der Waals surface area contributed by atoms with Crippen molar-refractivity contribution in [1.29, 1.82) is 5.26 Å². The maximum Gasteiger partial charge on any atom is 0.141 e. The number of pyridine rings is 1. The lowest BCUT2D eigenvalue weighted by Gasteiger charge is -2.18. The Morgan fingerprint density at radius 2 is 2.10 bits per heavy atom. The van der Waals surface area contributed by atoms with Gasteiger partial charge in [-0.15, -0.1) is 0 Å². The van der Waals surface area contributed by atoms with E-state index in [0.29, 0.717) is 11.6 Å². The fourth-order valence-corrected chi connectivity index (χ4v) is 2.84. The fraction of sp³-hybridized carbons (Fsp3) is 0.444. The molecule has 2 aromatic rings. The van der Waals surface area contributed by atoms with Gasteiger partial charge in [0.15, 0.2) is 0 Å². The molecule has 1 atom stereocenters. The fourth-order valence-electron chi connectivity index (χ4n) is 2.84. The Kier molecular flexibility index (Phi) is 4.74. The van der Waals surface area contributed by atoms with Crippen LogP contribution in [0.25, 0.3) is 10.9 Å². The number of benzene rings is 1. The maximum absolute atomic E-state index is 9.23. The third-order valence-corrected chi connectivity index (χ3v) is 4.03. The Bertz CT molecular complexity index is 638. The molecule has 2 nitrogen and oxygen atoms in total. The van der Waals surface area contributed by atoms with Gasteiger partial charge in [0.1, 0.15) is 11.8 Å². The number of unbranched alkanes of at least 4 members (excludes halogenated alkanes) is 1. The molecule has 0 aliphatic heterocycles. The molecule has 1 heterocycles. The van der Waals surface area contributed by atoms with Crippen LogP contribution in [0.2, 0.25) is 0 Å². The first-order valence-electron chi connectivity index (χ1n) is 7.51. The van der Waals surface area contributed by atoms with E-state index < -0.39 is 0 Å². The molecule has 1 unspecified atom stereocenters. The minimum absolute atomic E-state index is 0.523. The van der Waals surface area contributed by atoms with Crippen LogP contribution in [0.5, 0.6) is 0 Å². The van der Waals surface area contributed by atoms with Crippen LogP contribution < -0.4 is 0 Å². The molecule has 2 heteroatoms. The van der Waals surface area contributed by atoms with Crippen molar-refractivity contribution in [2.24, 2.45) is 0 Å². The maximum atomic E-state index is 9.23. The van der Waals surface area contributed by atoms with Gasteiger partial charge in [0.05, 0.1) is 5.52 Å². The van der Waals surface area contributed by atoms with Crippen LogP contribution in [0.1, 0.15) is 62.3 Å². The van der Waals surface area contributed by atoms with Crippen molar-refractivity contribution in [3.8, 4) is 6.07 Å². The second kappa shape index (κ2) is 6.52. The van der Waals surface area contributed by atoms with Crippen molar-refractivity contribution in [2.75, 3.05) is 0 Å². The first-order valence-corrected chi connectivity index (χ1v) is 7.51. The Morgan fingerprint density at radius 1 is 1.30 bits per heavy atom. The number of rotatable bonds is 5. The second-order valence-corrected chi connectivity index (χ2v) is 5.43. The van der Waals surface area contributed by atoms with Crippen LogP contribution in [0.4, 0.5) is 0 Å². The zero-order valence-electron chi connectivity index (χ0n) is 12.6. The molecule has 0 aliphatic rings. The molecule has 1 aromatic carbocycles. The Labute approximate surface area is 121 Å². The highest BCUT2D eigenvalue weighted by Gasteiger charge is 2.15. The third-order valence-electron chi connectivity index (χ3n) is 4.03. The summed E-state index contributed by atoms with van der Waals surface area (Å²) in [6.45, 7) is 6.52. The van der Waals surface area contributed by atoms with Gasteiger partial charge in [-0.05, 0) is 42.9 Å². The lowest BCUT2D eigenvalue weighted by molar-refractivity contribution is 0.572. The first-order chi connectivity index (χ1) is 9.71. The summed E-state index contributed by atoms with van der Waals surface area (Å²) < 4.78 is 0. The van der Waals surface area contributed by atoms with E-state index in [1.54, 1.807) is 0 Å². The van der Waals surface area contributed by atoms with Crippen LogP contribution >= 0.6 is 0 Å². The quantitative estimate of drug-likeness (QED) is 0.755. The van der Waals surface area contributed by atoms with Gasteiger partial charge in [0.25, 0.3) is 0 Å². The van der Waals surface area contributed by atoms with E-state index in [1.807, 2.05) is 6.07 Å². The standard InChI is InChI=1S/C18H22N2/c1-4-6-9-14(5-2)17-11-15(12-19)20-18-13(3)8-7-10-16(17)18/h7-8,10-11,14H,4-6,9H2,1-3H3. The summed E-state index contributed by atoms with van der Waals surface area (Å²) in [5.41, 5.74) is 3.96. The van der Waals surface area contributed by atoms with Crippen molar-refractivity contribution in [1.82, 2.24) is 4.98 Å². The molecule has 104 valence electrons. The summed E-state index contributed by atoms with van der Waals surface area (Å²) in [5, 5.41) is 10.4. The van der Waals surface area contributed by atoms with Gasteiger partial charge in [-0.2, -0.15) is 5.26 Å². The summed E-state index contributed by atoms with van der Waals surface area (Å²) in [5.74, 6) is 0.523. The topological polar surface area (TPSA) is 36.7 Å². The summed E-state index contributed by atoms with van der Waals surface area (Å²) >= 11 is 0. The van der Waals surface area contributed by atoms with E-state index >= 15 is 0 Å². The second-order valence-electron chi connectivity index (χ2n) is 5.43. The van der Waals surface area contributed by atoms with E-state index in [-0.39, 0.29) is 0 Å². The SMILES string of the molecule is CCCCC(CC)c1cc(C#N)nc2c(C)cccc12. The molecule has 0 fully saturated rings. The molecule has 0 saturated carbocycles. The van der Waals surface area contributed by atoms with Gasteiger partial charge < -0.3 is 0 Å². The van der Waals surface area contributed by atoms with E-state index in [0.717, 1.165) is 17.5 Å². The lowest BCUT2D eigenvalue weighted by atomic mass is 9.88. The van der Waals surface area contributed by atoms with Crippen LogP contribution in [0, 0.1) is 18.3 Å². The highest BCUT2D eigenvalue weighted by Crippen LogP contribution is 2.32. The van der Waals surface area contributed by atoms with Crippen LogP contribution in [0.15, 0.2) is 24.3 Å². The van der Waals surface area contributed by atoms with E-state index in [1.165, 1.54) is 30.2 Å². The van der Waals surface area contributed by atoms with Gasteiger partial charge in [0.2, 0.25) is 0 Å². The molecule has 0 saturated heterocycles. The molecule has 2 rings (SSSR count). The number of hydrogen-bond donors (Lipinski definition) is 0. The monoisotopic (exact) mass is 266 g/mol. The summed E-state index contributed by atoms with van der Waals surface area (Å²) in [7, 11) is 0. The van der Waals surface area contributed by atoms with Gasteiger partial charge in [-0.25, -0.2) is 4.98 Å². The van der Waals surface area contributed by atoms with E-state index in [4.69, 9.17) is 0 Å². The van der Waals surface area contributed by atoms with Gasteiger partial charge in [-0.3, -0.25) is 0 Å². The molecular weight excluding hydrogens is 244 g/mol. The Hall–Kier alpha value is -1.88. The number of nitriles is 1. The average molecular weight is 266 g/mol. The van der Waals surface area contributed by atoms with Crippen molar-refractivity contribution < 1.29 is 0 Å². The zero-order valence-corrected chi connectivity index (χ0v) is 12.6. The molecule has 0 N–H and O–H groups in total. The van der Waals surface area contributed by atoms with E-state index in [2.05, 4.69) is 50.0 Å². The predicted octanol–water partition coefficient (Wildman–Crippen LogP) is 5.10. The van der Waals surface area contributed by atoms with Crippen LogP contribution in [0.3, 0.4) is 0 Å². The highest BCUT2D eigenvalue weighted by molar-refractivity contribution is 5.86. The van der Waals surface area contributed by atoms with Crippen molar-refractivity contribution >= 4 is 10.9 Å². The Morgan fingerprint density at radius 3 is 2.75 bits per heavy atom. The molecular formula is C18H22N2. The van der Waals surface area contributed by atoms with Crippen LogP contribution in [-0.4, -0.2) is 4.98 Å². The number of aromatic nitrogens is 1. The molecule has 20 heavy (non-hydrogen) atoms. The molecule has 0 aliphatic carbocycles. The number of fused-ring (bicyclic) bond motifs is 1. The minimum Gasteiger partial charge on any atom is -0.237 e. The third kappa shape index (κ3) is 2.82. The van der Waals surface area contributed by atoms with Gasteiger partial charge >= 0.3 is 0 Å². The molecule has 1 aromatic heterocycles. The van der Waals surface area contributed by atoms with Crippen molar-refractivity contribution in [3.63, 3.8) is 0 Å². The predicted molar refractivity (Wildman–Crippen MR) is 83.8 cm³/mol. The minimum atomic E-state index is 0.523. The smallest absolute Gasteiger partial charge is 0.141 e. The van der Waals surface area contributed by atoms with Gasteiger partial charge in [0, 0.05) is 5.39 Å². The Balaban J connectivity index is 2.61. The first kappa shape index (κ1) is 14.5. The summed E-state index contributed by atoms with van der Waals surface area (Å²) in [6.07, 6.45) is 4.74. The highest BCUT2D eigenvalue weighted by atomic mass is 14.7. The molecule has 0 amide bonds. The summed E-state index contributed by atoms with van der Waals surface area (Å²) in [6, 6.07) is 10.5.